The summed E-state index contributed by atoms with van der Waals surface area (Å²) in [7, 11) is 0. The first-order chi connectivity index (χ1) is 15.3. The van der Waals surface area contributed by atoms with Gasteiger partial charge in [0.1, 0.15) is 18.2 Å². The summed E-state index contributed by atoms with van der Waals surface area (Å²) in [5.74, 6) is -0.943. The van der Waals surface area contributed by atoms with E-state index in [9.17, 15) is 18.8 Å². The average Bonchev–Trinajstić information content (AvgIpc) is 2.80. The summed E-state index contributed by atoms with van der Waals surface area (Å²) in [6.45, 7) is 3.90. The minimum atomic E-state index is -0.652. The molecular formula is C23H22FN5O3. The number of nitrogens with zero attached hydrogens (tertiary/aromatic N) is 4. The fraction of sp³-hybridized carbons (Fsp3) is 0.261. The molecule has 0 atom stereocenters. The molecule has 9 heteroatoms. The highest BCUT2D eigenvalue weighted by Crippen LogP contribution is 2.20. The number of H-pyrrole nitrogens is 1. The highest BCUT2D eigenvalue weighted by molar-refractivity contribution is 6.01. The fourth-order valence-corrected chi connectivity index (χ4v) is 3.66. The van der Waals surface area contributed by atoms with Crippen LogP contribution in [0.3, 0.4) is 0 Å². The molecule has 3 aromatic rings. The van der Waals surface area contributed by atoms with Crippen LogP contribution >= 0.6 is 0 Å². The van der Waals surface area contributed by atoms with Crippen LogP contribution in [-0.4, -0.2) is 51.5 Å². The van der Waals surface area contributed by atoms with Crippen molar-refractivity contribution < 1.29 is 14.0 Å². The summed E-state index contributed by atoms with van der Waals surface area (Å²) in [5, 5.41) is 6.54. The Morgan fingerprint density at radius 1 is 1.12 bits per heavy atom. The zero-order chi connectivity index (χ0) is 22.8. The first kappa shape index (κ1) is 21.4. The van der Waals surface area contributed by atoms with Crippen molar-refractivity contribution in [1.82, 2.24) is 20.1 Å². The lowest BCUT2D eigenvalue weighted by Gasteiger charge is -2.33. The largest absolute Gasteiger partial charge is 0.327 e. The molecule has 8 nitrogen and oxygen atoms in total. The van der Waals surface area contributed by atoms with Crippen molar-refractivity contribution >= 4 is 17.6 Å². The molecule has 2 aromatic heterocycles. The summed E-state index contributed by atoms with van der Waals surface area (Å²) >= 11 is 0. The van der Waals surface area contributed by atoms with Crippen LogP contribution in [0.1, 0.15) is 32.7 Å². The molecule has 0 bridgehead atoms. The van der Waals surface area contributed by atoms with Gasteiger partial charge >= 0.3 is 0 Å². The minimum absolute atomic E-state index is 0.0969. The maximum atomic E-state index is 14.5. The Labute approximate surface area is 183 Å². The molecule has 1 N–H and O–H groups in total. The van der Waals surface area contributed by atoms with E-state index in [4.69, 9.17) is 0 Å². The summed E-state index contributed by atoms with van der Waals surface area (Å²) in [4.78, 5) is 44.3. The Kier molecular flexibility index (Phi) is 5.81. The first-order valence-corrected chi connectivity index (χ1v) is 10.2. The lowest BCUT2D eigenvalue weighted by atomic mass is 10.0. The van der Waals surface area contributed by atoms with Gasteiger partial charge in [-0.1, -0.05) is 12.1 Å². The summed E-state index contributed by atoms with van der Waals surface area (Å²) in [6, 6.07) is 9.57. The van der Waals surface area contributed by atoms with Crippen molar-refractivity contribution in [3.63, 3.8) is 0 Å². The number of aromatic nitrogens is 3. The quantitative estimate of drug-likeness (QED) is 0.676. The zero-order valence-electron chi connectivity index (χ0n) is 17.8. The van der Waals surface area contributed by atoms with Gasteiger partial charge in [0, 0.05) is 31.3 Å². The van der Waals surface area contributed by atoms with Crippen molar-refractivity contribution in [3.05, 3.63) is 86.7 Å². The Hall–Kier alpha value is -3.88. The maximum Gasteiger partial charge on any atom is 0.267 e. The molecule has 4 rings (SSSR count). The van der Waals surface area contributed by atoms with Crippen molar-refractivity contribution in [1.29, 1.82) is 0 Å². The van der Waals surface area contributed by atoms with Gasteiger partial charge in [-0.3, -0.25) is 19.3 Å². The third kappa shape index (κ3) is 4.14. The van der Waals surface area contributed by atoms with E-state index >= 15 is 0 Å². The molecule has 1 aromatic carbocycles. The molecule has 0 spiro atoms. The second kappa shape index (κ2) is 8.70. The van der Waals surface area contributed by atoms with Gasteiger partial charge in [0.2, 0.25) is 5.91 Å². The minimum Gasteiger partial charge on any atom is -0.327 e. The predicted molar refractivity (Wildman–Crippen MR) is 116 cm³/mol. The lowest BCUT2D eigenvalue weighted by Crippen LogP contribution is -2.52. The number of piperazine rings is 1. The lowest BCUT2D eigenvalue weighted by molar-refractivity contribution is -0.120. The van der Waals surface area contributed by atoms with E-state index in [1.165, 1.54) is 21.9 Å². The van der Waals surface area contributed by atoms with Gasteiger partial charge in [0.25, 0.3) is 11.5 Å². The second-order valence-corrected chi connectivity index (χ2v) is 7.70. The molecule has 3 heterocycles. The molecule has 0 saturated carbocycles. The molecule has 1 aliphatic heterocycles. The Balaban J connectivity index is 1.53. The van der Waals surface area contributed by atoms with Crippen LogP contribution in [0.15, 0.2) is 47.4 Å². The molecule has 1 aliphatic rings. The second-order valence-electron chi connectivity index (χ2n) is 7.70. The number of amides is 2. The number of pyridine rings is 1. The van der Waals surface area contributed by atoms with Gasteiger partial charge in [-0.05, 0) is 49.2 Å². The van der Waals surface area contributed by atoms with E-state index in [0.717, 1.165) is 5.56 Å². The smallest absolute Gasteiger partial charge is 0.267 e. The van der Waals surface area contributed by atoms with Crippen LogP contribution in [0.4, 0.5) is 10.2 Å². The highest BCUT2D eigenvalue weighted by Gasteiger charge is 2.30. The molecular weight excluding hydrogens is 413 g/mol. The summed E-state index contributed by atoms with van der Waals surface area (Å²) < 4.78 is 14.5. The zero-order valence-corrected chi connectivity index (χ0v) is 17.8. The fourth-order valence-electron chi connectivity index (χ4n) is 3.66. The van der Waals surface area contributed by atoms with E-state index < -0.39 is 11.7 Å². The molecule has 1 saturated heterocycles. The van der Waals surface area contributed by atoms with Crippen molar-refractivity contribution in [3.8, 4) is 0 Å². The van der Waals surface area contributed by atoms with E-state index in [2.05, 4.69) is 15.2 Å². The number of benzene rings is 1. The number of anilines is 1. The number of hydrogen-bond donors (Lipinski definition) is 1. The van der Waals surface area contributed by atoms with Gasteiger partial charge in [0.05, 0.1) is 11.3 Å². The first-order valence-electron chi connectivity index (χ1n) is 10.2. The van der Waals surface area contributed by atoms with Gasteiger partial charge in [-0.2, -0.15) is 5.10 Å². The van der Waals surface area contributed by atoms with Gasteiger partial charge in [-0.25, -0.2) is 14.5 Å². The number of aromatic amines is 1. The predicted octanol–water partition coefficient (Wildman–Crippen LogP) is 2.00. The number of carbonyl (C=O) groups is 2. The monoisotopic (exact) mass is 435 g/mol. The van der Waals surface area contributed by atoms with Gasteiger partial charge in [-0.15, -0.1) is 0 Å². The molecule has 2 amide bonds. The van der Waals surface area contributed by atoms with Crippen LogP contribution in [0.2, 0.25) is 0 Å². The molecule has 0 unspecified atom stereocenters. The SMILES string of the molecule is Cc1c(Cc2ccc(F)c(C(=O)N3CCN(c4ccccn4)C(=O)C3)c2)n[nH]c(=O)c1C. The topological polar surface area (TPSA) is 99.3 Å². The van der Waals surface area contributed by atoms with Gasteiger partial charge in [0.15, 0.2) is 0 Å². The van der Waals surface area contributed by atoms with Crippen LogP contribution in [-0.2, 0) is 11.2 Å². The number of carbonyl (C=O) groups excluding carboxylic acids is 2. The van der Waals surface area contributed by atoms with Crippen molar-refractivity contribution in [2.45, 2.75) is 20.3 Å². The van der Waals surface area contributed by atoms with E-state index in [0.29, 0.717) is 29.1 Å². The van der Waals surface area contributed by atoms with E-state index in [1.807, 2.05) is 0 Å². The maximum absolute atomic E-state index is 14.5. The third-order valence-corrected chi connectivity index (χ3v) is 5.69. The van der Waals surface area contributed by atoms with Crippen LogP contribution < -0.4 is 10.5 Å². The number of halogens is 1. The van der Waals surface area contributed by atoms with Crippen molar-refractivity contribution in [2.24, 2.45) is 0 Å². The summed E-state index contributed by atoms with van der Waals surface area (Å²) in [6.07, 6.45) is 1.93. The Morgan fingerprint density at radius 2 is 1.94 bits per heavy atom. The molecule has 32 heavy (non-hydrogen) atoms. The van der Waals surface area contributed by atoms with Gasteiger partial charge < -0.3 is 4.90 Å². The summed E-state index contributed by atoms with van der Waals surface area (Å²) in [5.41, 5.74) is 2.29. The number of rotatable bonds is 4. The third-order valence-electron chi connectivity index (χ3n) is 5.69. The van der Waals surface area contributed by atoms with Crippen molar-refractivity contribution in [2.75, 3.05) is 24.5 Å². The van der Waals surface area contributed by atoms with Crippen LogP contribution in [0.25, 0.3) is 0 Å². The van der Waals surface area contributed by atoms with E-state index in [-0.39, 0.29) is 36.7 Å². The van der Waals surface area contributed by atoms with Crippen LogP contribution in [0, 0.1) is 19.7 Å². The highest BCUT2D eigenvalue weighted by atomic mass is 19.1. The Morgan fingerprint density at radius 3 is 2.66 bits per heavy atom. The number of nitrogens with one attached hydrogen (secondary N) is 1. The number of hydrogen-bond acceptors (Lipinski definition) is 5. The molecule has 164 valence electrons. The molecule has 0 radical (unpaired) electrons. The van der Waals surface area contributed by atoms with Crippen LogP contribution in [0.5, 0.6) is 0 Å². The normalized spacial score (nSPS) is 14.0. The van der Waals surface area contributed by atoms with E-state index in [1.54, 1.807) is 44.3 Å². The molecule has 1 fully saturated rings. The average molecular weight is 435 g/mol. The molecule has 0 aliphatic carbocycles. The Bertz CT molecular complexity index is 1240. The standard InChI is InChI=1S/C23H22FN5O3/c1-14-15(2)22(31)27-26-19(14)12-16-6-7-18(24)17(11-16)23(32)28-9-10-29(21(30)13-28)20-5-3-4-8-25-20/h3-8,11H,9-10,12-13H2,1-2H3,(H,27,31).